The van der Waals surface area contributed by atoms with Crippen LogP contribution in [0.5, 0.6) is 0 Å². The number of aryl methyl sites for hydroxylation is 1. The summed E-state index contributed by atoms with van der Waals surface area (Å²) in [5, 5.41) is 3.89. The first-order valence-electron chi connectivity index (χ1n) is 6.37. The molecule has 2 aromatic rings. The average Bonchev–Trinajstić information content (AvgIpc) is 2.89. The van der Waals surface area contributed by atoms with E-state index in [0.29, 0.717) is 12.4 Å². The molecule has 0 aliphatic heterocycles. The van der Waals surface area contributed by atoms with Crippen LogP contribution in [0.3, 0.4) is 0 Å². The van der Waals surface area contributed by atoms with Crippen molar-refractivity contribution < 1.29 is 8.91 Å². The molecule has 0 saturated heterocycles. The van der Waals surface area contributed by atoms with E-state index in [1.165, 1.54) is 12.1 Å². The molecule has 0 aliphatic rings. The molecule has 0 amide bonds. The lowest BCUT2D eigenvalue weighted by atomic mass is 10.2. The smallest absolute Gasteiger partial charge is 0.243 e. The fourth-order valence-electron chi connectivity index (χ4n) is 1.78. The normalized spacial score (nSPS) is 12.9. The first kappa shape index (κ1) is 13.7. The van der Waals surface area contributed by atoms with Gasteiger partial charge in [-0.15, -0.1) is 0 Å². The molecule has 1 heterocycles. The van der Waals surface area contributed by atoms with Gasteiger partial charge in [0, 0.05) is 13.0 Å². The summed E-state index contributed by atoms with van der Waals surface area (Å²) < 4.78 is 18.1. The predicted octanol–water partition coefficient (Wildman–Crippen LogP) is 2.96. The van der Waals surface area contributed by atoms with Crippen molar-refractivity contribution in [2.45, 2.75) is 32.9 Å². The third kappa shape index (κ3) is 3.38. The summed E-state index contributed by atoms with van der Waals surface area (Å²) in [6, 6.07) is 6.52. The summed E-state index contributed by atoms with van der Waals surface area (Å²) in [6.45, 7) is 4.70. The third-order valence-corrected chi connectivity index (χ3v) is 3.16. The zero-order valence-corrected chi connectivity index (χ0v) is 11.4. The lowest BCUT2D eigenvalue weighted by molar-refractivity contribution is 0.202. The molecule has 0 N–H and O–H groups in total. The topological polar surface area (TPSA) is 42.2 Å². The highest BCUT2D eigenvalue weighted by Crippen LogP contribution is 2.19. The molecule has 4 nitrogen and oxygen atoms in total. The second kappa shape index (κ2) is 5.93. The summed E-state index contributed by atoms with van der Waals surface area (Å²) in [5.74, 6) is 1.11. The number of nitrogens with zero attached hydrogens (tertiary/aromatic N) is 3. The maximum Gasteiger partial charge on any atom is 0.243 e. The van der Waals surface area contributed by atoms with E-state index in [1.807, 2.05) is 20.9 Å². The average molecular weight is 263 g/mol. The zero-order valence-electron chi connectivity index (χ0n) is 11.4. The van der Waals surface area contributed by atoms with Crippen LogP contribution in [-0.2, 0) is 13.0 Å². The van der Waals surface area contributed by atoms with Crippen molar-refractivity contribution in [2.24, 2.45) is 0 Å². The van der Waals surface area contributed by atoms with Crippen molar-refractivity contribution in [3.8, 4) is 0 Å². The van der Waals surface area contributed by atoms with Gasteiger partial charge in [-0.05, 0) is 31.7 Å². The van der Waals surface area contributed by atoms with Crippen molar-refractivity contribution >= 4 is 0 Å². The van der Waals surface area contributed by atoms with Gasteiger partial charge in [-0.25, -0.2) is 4.39 Å². The van der Waals surface area contributed by atoms with Crippen molar-refractivity contribution in [3.63, 3.8) is 0 Å². The Labute approximate surface area is 112 Å². The number of rotatable bonds is 5. The Balaban J connectivity index is 2.02. The molecule has 1 aromatic heterocycles. The van der Waals surface area contributed by atoms with E-state index in [2.05, 4.69) is 15.0 Å². The molecular formula is C14H18FN3O. The molecule has 0 spiro atoms. The second-order valence-electron chi connectivity index (χ2n) is 4.62. The lowest BCUT2D eigenvalue weighted by Gasteiger charge is -2.21. The predicted molar refractivity (Wildman–Crippen MR) is 70.0 cm³/mol. The van der Waals surface area contributed by atoms with E-state index in [-0.39, 0.29) is 11.9 Å². The molecule has 102 valence electrons. The summed E-state index contributed by atoms with van der Waals surface area (Å²) in [7, 11) is 1.98. The highest BCUT2D eigenvalue weighted by molar-refractivity contribution is 5.16. The quantitative estimate of drug-likeness (QED) is 0.831. The van der Waals surface area contributed by atoms with E-state index in [4.69, 9.17) is 4.52 Å². The molecule has 5 heteroatoms. The molecule has 0 radical (unpaired) electrons. The van der Waals surface area contributed by atoms with Gasteiger partial charge >= 0.3 is 0 Å². The van der Waals surface area contributed by atoms with Crippen LogP contribution in [0.15, 0.2) is 28.8 Å². The SMILES string of the molecule is CCc1noc(C(C)N(C)Cc2ccc(F)cc2)n1. The van der Waals surface area contributed by atoms with Gasteiger partial charge in [0.2, 0.25) is 5.89 Å². The maximum atomic E-state index is 12.8. The van der Waals surface area contributed by atoms with Crippen molar-refractivity contribution in [1.82, 2.24) is 15.0 Å². The summed E-state index contributed by atoms with van der Waals surface area (Å²) in [4.78, 5) is 6.41. The Bertz CT molecular complexity index is 524. The molecule has 0 saturated carbocycles. The van der Waals surface area contributed by atoms with E-state index < -0.39 is 0 Å². The van der Waals surface area contributed by atoms with Crippen LogP contribution in [0.1, 0.15) is 37.2 Å². The van der Waals surface area contributed by atoms with Gasteiger partial charge < -0.3 is 4.52 Å². The maximum absolute atomic E-state index is 12.8. The fraction of sp³-hybridized carbons (Fsp3) is 0.429. The zero-order chi connectivity index (χ0) is 13.8. The minimum Gasteiger partial charge on any atom is -0.338 e. The molecule has 0 fully saturated rings. The van der Waals surface area contributed by atoms with Crippen LogP contribution < -0.4 is 0 Å². The van der Waals surface area contributed by atoms with Crippen LogP contribution in [0.25, 0.3) is 0 Å². The van der Waals surface area contributed by atoms with E-state index >= 15 is 0 Å². The van der Waals surface area contributed by atoms with Crippen LogP contribution in [0, 0.1) is 5.82 Å². The van der Waals surface area contributed by atoms with Gasteiger partial charge in [-0.2, -0.15) is 4.98 Å². The van der Waals surface area contributed by atoms with Gasteiger partial charge in [0.1, 0.15) is 5.82 Å². The highest BCUT2D eigenvalue weighted by Gasteiger charge is 2.18. The van der Waals surface area contributed by atoms with Crippen LogP contribution >= 0.6 is 0 Å². The number of aromatic nitrogens is 2. The summed E-state index contributed by atoms with van der Waals surface area (Å²) in [6.07, 6.45) is 0.762. The Morgan fingerprint density at radius 2 is 2.00 bits per heavy atom. The Kier molecular flexibility index (Phi) is 4.27. The van der Waals surface area contributed by atoms with E-state index in [1.54, 1.807) is 12.1 Å². The molecular weight excluding hydrogens is 245 g/mol. The number of benzene rings is 1. The molecule has 1 aromatic carbocycles. The minimum absolute atomic E-state index is 0.0258. The fourth-order valence-corrected chi connectivity index (χ4v) is 1.78. The van der Waals surface area contributed by atoms with E-state index in [0.717, 1.165) is 17.8 Å². The van der Waals surface area contributed by atoms with Crippen molar-refractivity contribution in [2.75, 3.05) is 7.05 Å². The lowest BCUT2D eigenvalue weighted by Crippen LogP contribution is -2.22. The van der Waals surface area contributed by atoms with Gasteiger partial charge in [0.25, 0.3) is 0 Å². The highest BCUT2D eigenvalue weighted by atomic mass is 19.1. The molecule has 19 heavy (non-hydrogen) atoms. The number of hydrogen-bond donors (Lipinski definition) is 0. The molecule has 2 rings (SSSR count). The summed E-state index contributed by atoms with van der Waals surface area (Å²) in [5.41, 5.74) is 1.05. The standard InChI is InChI=1S/C14H18FN3O/c1-4-13-16-14(19-17-13)10(2)18(3)9-11-5-7-12(15)8-6-11/h5-8,10H,4,9H2,1-3H3. The van der Waals surface area contributed by atoms with Crippen molar-refractivity contribution in [3.05, 3.63) is 47.4 Å². The first-order chi connectivity index (χ1) is 9.10. The number of hydrogen-bond acceptors (Lipinski definition) is 4. The van der Waals surface area contributed by atoms with Crippen molar-refractivity contribution in [1.29, 1.82) is 0 Å². The van der Waals surface area contributed by atoms with Gasteiger partial charge in [-0.1, -0.05) is 24.2 Å². The Hall–Kier alpha value is -1.75. The van der Waals surface area contributed by atoms with Gasteiger partial charge in [-0.3, -0.25) is 4.90 Å². The number of halogens is 1. The Morgan fingerprint density at radius 3 is 2.58 bits per heavy atom. The third-order valence-electron chi connectivity index (χ3n) is 3.16. The molecule has 0 bridgehead atoms. The largest absolute Gasteiger partial charge is 0.338 e. The van der Waals surface area contributed by atoms with Crippen LogP contribution in [0.2, 0.25) is 0 Å². The monoisotopic (exact) mass is 263 g/mol. The molecule has 1 atom stereocenters. The Morgan fingerprint density at radius 1 is 1.32 bits per heavy atom. The second-order valence-corrected chi connectivity index (χ2v) is 4.62. The summed E-state index contributed by atoms with van der Waals surface area (Å²) >= 11 is 0. The molecule has 0 aliphatic carbocycles. The van der Waals surface area contributed by atoms with Crippen LogP contribution in [0.4, 0.5) is 4.39 Å². The first-order valence-corrected chi connectivity index (χ1v) is 6.37. The van der Waals surface area contributed by atoms with Gasteiger partial charge in [0.05, 0.1) is 6.04 Å². The van der Waals surface area contributed by atoms with Gasteiger partial charge in [0.15, 0.2) is 5.82 Å². The minimum atomic E-state index is -0.219. The van der Waals surface area contributed by atoms with Crippen LogP contribution in [-0.4, -0.2) is 22.1 Å². The molecule has 1 unspecified atom stereocenters. The van der Waals surface area contributed by atoms with E-state index in [9.17, 15) is 4.39 Å².